The first kappa shape index (κ1) is 11.3. The number of nitrogens with zero attached hydrogens (tertiary/aromatic N) is 3. The molecule has 1 saturated carbocycles. The minimum Gasteiger partial charge on any atom is -0.394 e. The zero-order valence-electron chi connectivity index (χ0n) is 10.3. The van der Waals surface area contributed by atoms with Crippen LogP contribution in [0.15, 0.2) is 6.20 Å². The van der Waals surface area contributed by atoms with Crippen molar-refractivity contribution in [2.24, 2.45) is 7.05 Å². The number of nitrogen functional groups attached to an aromatic ring is 1. The highest BCUT2D eigenvalue weighted by molar-refractivity contribution is 5.60. The Morgan fingerprint density at radius 1 is 1.56 bits per heavy atom. The van der Waals surface area contributed by atoms with Crippen molar-refractivity contribution in [1.82, 2.24) is 14.7 Å². The molecule has 0 amide bonds. The maximum Gasteiger partial charge on any atom is 0.171 e. The molecule has 0 spiro atoms. The number of rotatable bonds is 4. The molecule has 1 aromatic rings. The highest BCUT2D eigenvalue weighted by Crippen LogP contribution is 2.36. The van der Waals surface area contributed by atoms with Gasteiger partial charge in [-0.15, -0.1) is 0 Å². The molecule has 0 aromatic carbocycles. The summed E-state index contributed by atoms with van der Waals surface area (Å²) in [6.07, 6.45) is 5.64. The second-order valence-corrected chi connectivity index (χ2v) is 4.93. The highest BCUT2D eigenvalue weighted by Gasteiger charge is 2.38. The standard InChI is InChI=1S/C11H21N5/c1-15(2)11(5-4-6-11)8-13-10-9(12)7-16(3)14-10/h7H,4-6,8,12H2,1-3H3,(H,13,14). The molecule has 3 N–H and O–H groups in total. The van der Waals surface area contributed by atoms with E-state index in [0.717, 1.165) is 18.1 Å². The fraction of sp³-hybridized carbons (Fsp3) is 0.727. The fourth-order valence-corrected chi connectivity index (χ4v) is 2.26. The molecule has 5 heteroatoms. The summed E-state index contributed by atoms with van der Waals surface area (Å²) < 4.78 is 1.74. The van der Waals surface area contributed by atoms with Crippen LogP contribution in [0.4, 0.5) is 11.5 Å². The third-order valence-corrected chi connectivity index (χ3v) is 3.67. The molecule has 0 aliphatic heterocycles. The number of likely N-dealkylation sites (N-methyl/N-ethyl adjacent to an activating group) is 1. The Morgan fingerprint density at radius 2 is 2.25 bits per heavy atom. The summed E-state index contributed by atoms with van der Waals surface area (Å²) in [6.45, 7) is 0.918. The molecule has 1 heterocycles. The molecular formula is C11H21N5. The predicted molar refractivity (Wildman–Crippen MR) is 66.4 cm³/mol. The van der Waals surface area contributed by atoms with Crippen LogP contribution < -0.4 is 11.1 Å². The molecule has 1 aliphatic rings. The lowest BCUT2D eigenvalue weighted by atomic mass is 9.75. The van der Waals surface area contributed by atoms with Gasteiger partial charge in [0.2, 0.25) is 0 Å². The molecule has 0 atom stereocenters. The summed E-state index contributed by atoms with van der Waals surface area (Å²) in [7, 11) is 6.16. The molecule has 0 unspecified atom stereocenters. The first-order chi connectivity index (χ1) is 7.53. The van der Waals surface area contributed by atoms with Crippen LogP contribution in [0.25, 0.3) is 0 Å². The second-order valence-electron chi connectivity index (χ2n) is 4.93. The van der Waals surface area contributed by atoms with E-state index >= 15 is 0 Å². The molecule has 5 nitrogen and oxygen atoms in total. The Balaban J connectivity index is 1.99. The highest BCUT2D eigenvalue weighted by atomic mass is 15.3. The van der Waals surface area contributed by atoms with Gasteiger partial charge in [-0.05, 0) is 33.4 Å². The summed E-state index contributed by atoms with van der Waals surface area (Å²) in [6, 6.07) is 0. The topological polar surface area (TPSA) is 59.1 Å². The average Bonchev–Trinajstić information content (AvgIpc) is 2.42. The molecule has 1 fully saturated rings. The van der Waals surface area contributed by atoms with E-state index in [1.165, 1.54) is 19.3 Å². The molecular weight excluding hydrogens is 202 g/mol. The van der Waals surface area contributed by atoms with Crippen molar-refractivity contribution in [2.45, 2.75) is 24.8 Å². The largest absolute Gasteiger partial charge is 0.394 e. The summed E-state index contributed by atoms with van der Waals surface area (Å²) in [5.41, 5.74) is 6.86. The number of aryl methyl sites for hydroxylation is 1. The second kappa shape index (κ2) is 3.97. The van der Waals surface area contributed by atoms with Crippen LogP contribution in [0.5, 0.6) is 0 Å². The number of nitrogens with one attached hydrogen (secondary N) is 1. The van der Waals surface area contributed by atoms with Gasteiger partial charge in [0.05, 0.1) is 5.69 Å². The van der Waals surface area contributed by atoms with Gasteiger partial charge in [0, 0.05) is 25.3 Å². The summed E-state index contributed by atoms with van der Waals surface area (Å²) in [5, 5.41) is 7.65. The molecule has 16 heavy (non-hydrogen) atoms. The van der Waals surface area contributed by atoms with Gasteiger partial charge in [-0.2, -0.15) is 5.10 Å². The van der Waals surface area contributed by atoms with Gasteiger partial charge in [0.1, 0.15) is 0 Å². The van der Waals surface area contributed by atoms with E-state index in [0.29, 0.717) is 5.54 Å². The Morgan fingerprint density at radius 3 is 2.62 bits per heavy atom. The van der Waals surface area contributed by atoms with E-state index in [1.807, 2.05) is 13.2 Å². The van der Waals surface area contributed by atoms with Crippen molar-refractivity contribution in [3.05, 3.63) is 6.20 Å². The number of hydrogen-bond acceptors (Lipinski definition) is 4. The molecule has 0 bridgehead atoms. The number of nitrogens with two attached hydrogens (primary N) is 1. The van der Waals surface area contributed by atoms with Crippen LogP contribution in [0.2, 0.25) is 0 Å². The minimum atomic E-state index is 0.296. The van der Waals surface area contributed by atoms with Crippen LogP contribution in [-0.4, -0.2) is 40.9 Å². The van der Waals surface area contributed by atoms with Crippen molar-refractivity contribution in [3.8, 4) is 0 Å². The first-order valence-electron chi connectivity index (χ1n) is 5.74. The van der Waals surface area contributed by atoms with Gasteiger partial charge in [-0.25, -0.2) is 0 Å². The van der Waals surface area contributed by atoms with Gasteiger partial charge in [0.25, 0.3) is 0 Å². The van der Waals surface area contributed by atoms with Gasteiger partial charge < -0.3 is 16.0 Å². The predicted octanol–water partition coefficient (Wildman–Crippen LogP) is 0.898. The van der Waals surface area contributed by atoms with E-state index in [2.05, 4.69) is 29.4 Å². The maximum atomic E-state index is 5.85. The molecule has 0 radical (unpaired) electrons. The lowest BCUT2D eigenvalue weighted by Gasteiger charge is -2.47. The SMILES string of the molecule is CN(C)C1(CNc2nn(C)cc2N)CCC1. The average molecular weight is 223 g/mol. The van der Waals surface area contributed by atoms with E-state index in [-0.39, 0.29) is 0 Å². The van der Waals surface area contributed by atoms with Gasteiger partial charge in [0.15, 0.2) is 5.82 Å². The van der Waals surface area contributed by atoms with E-state index in [4.69, 9.17) is 5.73 Å². The number of hydrogen-bond donors (Lipinski definition) is 2. The van der Waals surface area contributed by atoms with Gasteiger partial charge >= 0.3 is 0 Å². The third kappa shape index (κ3) is 1.87. The maximum absolute atomic E-state index is 5.85. The minimum absolute atomic E-state index is 0.296. The van der Waals surface area contributed by atoms with Crippen LogP contribution in [-0.2, 0) is 7.05 Å². The zero-order valence-corrected chi connectivity index (χ0v) is 10.3. The van der Waals surface area contributed by atoms with Gasteiger partial charge in [-0.1, -0.05) is 0 Å². The van der Waals surface area contributed by atoms with Crippen LogP contribution in [0.1, 0.15) is 19.3 Å². The van der Waals surface area contributed by atoms with Crippen molar-refractivity contribution < 1.29 is 0 Å². The van der Waals surface area contributed by atoms with Crippen LogP contribution in [0, 0.1) is 0 Å². The Hall–Kier alpha value is -1.23. The summed E-state index contributed by atoms with van der Waals surface area (Å²) >= 11 is 0. The molecule has 1 aliphatic carbocycles. The smallest absolute Gasteiger partial charge is 0.171 e. The molecule has 90 valence electrons. The van der Waals surface area contributed by atoms with Crippen molar-refractivity contribution in [3.63, 3.8) is 0 Å². The number of anilines is 2. The van der Waals surface area contributed by atoms with Gasteiger partial charge in [-0.3, -0.25) is 4.68 Å². The quantitative estimate of drug-likeness (QED) is 0.796. The lowest BCUT2D eigenvalue weighted by Crippen LogP contribution is -2.54. The third-order valence-electron chi connectivity index (χ3n) is 3.67. The summed E-state index contributed by atoms with van der Waals surface area (Å²) in [5.74, 6) is 0.802. The normalized spacial score (nSPS) is 18.5. The zero-order chi connectivity index (χ0) is 11.8. The first-order valence-corrected chi connectivity index (χ1v) is 5.74. The fourth-order valence-electron chi connectivity index (χ4n) is 2.26. The molecule has 1 aromatic heterocycles. The monoisotopic (exact) mass is 223 g/mol. The van der Waals surface area contributed by atoms with Crippen molar-refractivity contribution >= 4 is 11.5 Å². The van der Waals surface area contributed by atoms with Crippen LogP contribution in [0.3, 0.4) is 0 Å². The van der Waals surface area contributed by atoms with Crippen molar-refractivity contribution in [1.29, 1.82) is 0 Å². The Bertz CT molecular complexity index is 364. The van der Waals surface area contributed by atoms with Crippen LogP contribution >= 0.6 is 0 Å². The Kier molecular flexibility index (Phi) is 2.80. The van der Waals surface area contributed by atoms with E-state index < -0.39 is 0 Å². The molecule has 0 saturated heterocycles. The van der Waals surface area contributed by atoms with E-state index in [1.54, 1.807) is 4.68 Å². The Labute approximate surface area is 96.6 Å². The summed E-state index contributed by atoms with van der Waals surface area (Å²) in [4.78, 5) is 2.31. The van der Waals surface area contributed by atoms with Crippen molar-refractivity contribution in [2.75, 3.05) is 31.7 Å². The molecule has 2 rings (SSSR count). The van der Waals surface area contributed by atoms with E-state index in [9.17, 15) is 0 Å². The lowest BCUT2D eigenvalue weighted by molar-refractivity contribution is 0.0738. The number of aromatic nitrogens is 2.